The monoisotopic (exact) mass is 283 g/mol. The summed E-state index contributed by atoms with van der Waals surface area (Å²) in [4.78, 5) is 0. The van der Waals surface area contributed by atoms with Crippen LogP contribution in [0.25, 0.3) is 0 Å². The number of halogens is 1. The lowest BCUT2D eigenvalue weighted by molar-refractivity contribution is 0.301. The molecule has 0 aromatic heterocycles. The predicted octanol–water partition coefficient (Wildman–Crippen LogP) is 2.02. The lowest BCUT2D eigenvalue weighted by Gasteiger charge is -2.36. The quantitative estimate of drug-likeness (QED) is 0.803. The molecule has 84 valence electrons. The summed E-state index contributed by atoms with van der Waals surface area (Å²) in [7, 11) is -3.07. The zero-order valence-corrected chi connectivity index (χ0v) is 11.0. The van der Waals surface area contributed by atoms with Crippen molar-refractivity contribution < 1.29 is 8.42 Å². The highest BCUT2D eigenvalue weighted by molar-refractivity contribution is 9.09. The molecule has 0 atom stereocenters. The fraction of sp³-hybridized carbons (Fsp3) is 1.00. The van der Waals surface area contributed by atoms with Crippen molar-refractivity contribution in [2.75, 3.05) is 11.1 Å². The lowest BCUT2D eigenvalue weighted by Crippen LogP contribution is -2.51. The molecule has 3 nitrogen and oxygen atoms in total. The third-order valence-electron chi connectivity index (χ3n) is 2.82. The minimum absolute atomic E-state index is 0.168. The Morgan fingerprint density at radius 2 is 1.86 bits per heavy atom. The molecule has 1 aliphatic carbocycles. The van der Waals surface area contributed by atoms with Crippen molar-refractivity contribution in [3.8, 4) is 0 Å². The van der Waals surface area contributed by atoms with Gasteiger partial charge < -0.3 is 0 Å². The minimum atomic E-state index is -3.07. The Morgan fingerprint density at radius 1 is 1.29 bits per heavy atom. The van der Waals surface area contributed by atoms with Gasteiger partial charge in [-0.2, -0.15) is 0 Å². The van der Waals surface area contributed by atoms with Crippen molar-refractivity contribution in [1.82, 2.24) is 4.72 Å². The fourth-order valence-corrected chi connectivity index (χ4v) is 3.86. The van der Waals surface area contributed by atoms with Crippen LogP contribution in [0, 0.1) is 0 Å². The van der Waals surface area contributed by atoms with Gasteiger partial charge in [-0.05, 0) is 19.8 Å². The van der Waals surface area contributed by atoms with Gasteiger partial charge in [-0.1, -0.05) is 35.2 Å². The largest absolute Gasteiger partial charge is 0.212 e. The van der Waals surface area contributed by atoms with E-state index in [2.05, 4.69) is 20.7 Å². The van der Waals surface area contributed by atoms with E-state index in [9.17, 15) is 8.42 Å². The van der Waals surface area contributed by atoms with E-state index in [0.717, 1.165) is 31.0 Å². The summed E-state index contributed by atoms with van der Waals surface area (Å²) >= 11 is 3.42. The van der Waals surface area contributed by atoms with Crippen LogP contribution in [0.2, 0.25) is 0 Å². The summed E-state index contributed by atoms with van der Waals surface area (Å²) in [6.45, 7) is 1.67. The van der Waals surface area contributed by atoms with E-state index in [1.54, 1.807) is 6.92 Å². The minimum Gasteiger partial charge on any atom is -0.212 e. The molecule has 14 heavy (non-hydrogen) atoms. The maximum atomic E-state index is 11.5. The normalized spacial score (nSPS) is 22.1. The first-order valence-corrected chi connectivity index (χ1v) is 7.88. The van der Waals surface area contributed by atoms with Gasteiger partial charge in [0.25, 0.3) is 0 Å². The highest BCUT2D eigenvalue weighted by atomic mass is 79.9. The molecule has 0 aliphatic heterocycles. The van der Waals surface area contributed by atoms with Crippen LogP contribution in [-0.2, 0) is 10.0 Å². The fourth-order valence-electron chi connectivity index (χ4n) is 1.89. The summed E-state index contributed by atoms with van der Waals surface area (Å²) < 4.78 is 25.8. The van der Waals surface area contributed by atoms with Crippen LogP contribution in [0.15, 0.2) is 0 Å². The Balaban J connectivity index is 2.70. The molecule has 0 spiro atoms. The third-order valence-corrected chi connectivity index (χ3v) is 5.40. The van der Waals surface area contributed by atoms with Crippen molar-refractivity contribution in [3.05, 3.63) is 0 Å². The summed E-state index contributed by atoms with van der Waals surface area (Å²) in [5.41, 5.74) is -0.215. The molecule has 1 N–H and O–H groups in total. The van der Waals surface area contributed by atoms with Crippen molar-refractivity contribution in [1.29, 1.82) is 0 Å². The molecule has 5 heteroatoms. The Morgan fingerprint density at radius 3 is 2.29 bits per heavy atom. The number of hydrogen-bond acceptors (Lipinski definition) is 2. The molecule has 0 radical (unpaired) electrons. The molecule has 1 rings (SSSR count). The van der Waals surface area contributed by atoms with E-state index in [-0.39, 0.29) is 11.3 Å². The SMILES string of the molecule is CCS(=O)(=O)NC1(CBr)CCCCC1. The van der Waals surface area contributed by atoms with Gasteiger partial charge in [0, 0.05) is 10.9 Å². The molecule has 0 amide bonds. The van der Waals surface area contributed by atoms with Crippen molar-refractivity contribution in [2.45, 2.75) is 44.6 Å². The first kappa shape index (κ1) is 12.5. The number of sulfonamides is 1. The molecular weight excluding hydrogens is 266 g/mol. The lowest BCUT2D eigenvalue weighted by atomic mass is 9.84. The number of rotatable bonds is 4. The van der Waals surface area contributed by atoms with Gasteiger partial charge >= 0.3 is 0 Å². The zero-order chi connectivity index (χ0) is 10.7. The summed E-state index contributed by atoms with van der Waals surface area (Å²) in [6.07, 6.45) is 5.38. The van der Waals surface area contributed by atoms with Gasteiger partial charge in [0.15, 0.2) is 0 Å². The maximum absolute atomic E-state index is 11.5. The molecule has 0 bridgehead atoms. The average Bonchev–Trinajstić information content (AvgIpc) is 2.19. The van der Waals surface area contributed by atoms with E-state index >= 15 is 0 Å². The van der Waals surface area contributed by atoms with Crippen molar-refractivity contribution in [2.24, 2.45) is 0 Å². The number of alkyl halides is 1. The van der Waals surface area contributed by atoms with Gasteiger partial charge in [-0.3, -0.25) is 0 Å². The summed E-state index contributed by atoms with van der Waals surface area (Å²) in [5.74, 6) is 0.168. The Kier molecular flexibility index (Phi) is 4.40. The van der Waals surface area contributed by atoms with Crippen LogP contribution in [-0.4, -0.2) is 25.0 Å². The third kappa shape index (κ3) is 3.21. The van der Waals surface area contributed by atoms with Crippen molar-refractivity contribution in [3.63, 3.8) is 0 Å². The van der Waals surface area contributed by atoms with Crippen molar-refractivity contribution >= 4 is 26.0 Å². The van der Waals surface area contributed by atoms with Crippen LogP contribution in [0.3, 0.4) is 0 Å². The topological polar surface area (TPSA) is 46.2 Å². The summed E-state index contributed by atoms with van der Waals surface area (Å²) in [5, 5.41) is 0.721. The van der Waals surface area contributed by atoms with E-state index in [0.29, 0.717) is 0 Å². The number of hydrogen-bond donors (Lipinski definition) is 1. The molecule has 0 heterocycles. The van der Waals surface area contributed by atoms with Crippen LogP contribution in [0.4, 0.5) is 0 Å². The molecule has 0 saturated heterocycles. The average molecular weight is 284 g/mol. The van der Waals surface area contributed by atoms with Gasteiger partial charge in [-0.15, -0.1) is 0 Å². The molecule has 1 saturated carbocycles. The van der Waals surface area contributed by atoms with Gasteiger partial charge in [-0.25, -0.2) is 13.1 Å². The van der Waals surface area contributed by atoms with Gasteiger partial charge in [0.1, 0.15) is 0 Å². The van der Waals surface area contributed by atoms with Crippen LogP contribution in [0.1, 0.15) is 39.0 Å². The second-order valence-electron chi connectivity index (χ2n) is 3.98. The van der Waals surface area contributed by atoms with Crippen LogP contribution < -0.4 is 4.72 Å². The highest BCUT2D eigenvalue weighted by Crippen LogP contribution is 2.30. The van der Waals surface area contributed by atoms with E-state index in [4.69, 9.17) is 0 Å². The van der Waals surface area contributed by atoms with Crippen LogP contribution in [0.5, 0.6) is 0 Å². The first-order valence-electron chi connectivity index (χ1n) is 5.11. The molecule has 0 aromatic carbocycles. The highest BCUT2D eigenvalue weighted by Gasteiger charge is 2.34. The first-order chi connectivity index (χ1) is 6.54. The Bertz CT molecular complexity index is 271. The summed E-state index contributed by atoms with van der Waals surface area (Å²) in [6, 6.07) is 0. The predicted molar refractivity (Wildman–Crippen MR) is 62.2 cm³/mol. The number of nitrogens with one attached hydrogen (secondary N) is 1. The van der Waals surface area contributed by atoms with E-state index in [1.165, 1.54) is 6.42 Å². The standard InChI is InChI=1S/C9H18BrNO2S/c1-2-14(12,13)11-9(8-10)6-4-3-5-7-9/h11H,2-8H2,1H3. The second-order valence-corrected chi connectivity index (χ2v) is 6.55. The maximum Gasteiger partial charge on any atom is 0.211 e. The van der Waals surface area contributed by atoms with E-state index < -0.39 is 10.0 Å². The molecule has 1 fully saturated rings. The molecule has 0 unspecified atom stereocenters. The van der Waals surface area contributed by atoms with Gasteiger partial charge in [0.05, 0.1) is 5.75 Å². The second kappa shape index (κ2) is 4.94. The zero-order valence-electron chi connectivity index (χ0n) is 8.55. The van der Waals surface area contributed by atoms with Gasteiger partial charge in [0.2, 0.25) is 10.0 Å². The van der Waals surface area contributed by atoms with Crippen LogP contribution >= 0.6 is 15.9 Å². The Hall–Kier alpha value is 0.390. The molecular formula is C9H18BrNO2S. The van der Waals surface area contributed by atoms with E-state index in [1.807, 2.05) is 0 Å². The molecule has 1 aliphatic rings. The Labute approximate surface area is 94.8 Å². The molecule has 0 aromatic rings. The smallest absolute Gasteiger partial charge is 0.211 e.